The van der Waals surface area contributed by atoms with E-state index in [1.54, 1.807) is 0 Å². The van der Waals surface area contributed by atoms with E-state index in [9.17, 15) is 0 Å². The first kappa shape index (κ1) is 10.9. The second-order valence-corrected chi connectivity index (χ2v) is 5.18. The smallest absolute Gasteiger partial charge is 0.0982 e. The molecular formula is C18H16N. The molecule has 1 fully saturated rings. The molecule has 0 amide bonds. The second kappa shape index (κ2) is 4.27. The Kier molecular flexibility index (Phi) is 2.44. The summed E-state index contributed by atoms with van der Waals surface area (Å²) in [4.78, 5) is 2.43. The van der Waals surface area contributed by atoms with E-state index in [0.717, 1.165) is 6.42 Å². The first-order valence-corrected chi connectivity index (χ1v) is 6.89. The summed E-state index contributed by atoms with van der Waals surface area (Å²) < 4.78 is 0. The molecule has 1 heteroatoms. The fourth-order valence-corrected chi connectivity index (χ4v) is 3.29. The lowest BCUT2D eigenvalue weighted by atomic mass is 9.84. The van der Waals surface area contributed by atoms with E-state index in [0.29, 0.717) is 11.8 Å². The molecule has 0 saturated carbocycles. The highest BCUT2D eigenvalue weighted by atomic mass is 15.2. The van der Waals surface area contributed by atoms with Crippen LogP contribution in [-0.2, 0) is 0 Å². The molecule has 1 aromatic carbocycles. The maximum absolute atomic E-state index is 2.43. The zero-order chi connectivity index (χ0) is 12.7. The van der Waals surface area contributed by atoms with Gasteiger partial charge in [0.15, 0.2) is 0 Å². The molecule has 19 heavy (non-hydrogen) atoms. The van der Waals surface area contributed by atoms with Crippen molar-refractivity contribution in [3.63, 3.8) is 0 Å². The minimum Gasteiger partial charge on any atom is -0.332 e. The molecule has 1 heterocycles. The van der Waals surface area contributed by atoms with Gasteiger partial charge in [-0.2, -0.15) is 0 Å². The summed E-state index contributed by atoms with van der Waals surface area (Å²) >= 11 is 0. The van der Waals surface area contributed by atoms with Gasteiger partial charge in [-0.15, -0.1) is 0 Å². The second-order valence-electron chi connectivity index (χ2n) is 5.18. The minimum atomic E-state index is 0.494. The summed E-state index contributed by atoms with van der Waals surface area (Å²) in [5.41, 5.74) is 2.71. The number of para-hydroxylation sites is 1. The molecule has 0 aromatic heterocycles. The summed E-state index contributed by atoms with van der Waals surface area (Å²) in [6.07, 6.45) is 17.0. The highest BCUT2D eigenvalue weighted by Gasteiger charge is 2.43. The van der Waals surface area contributed by atoms with Gasteiger partial charge in [0.25, 0.3) is 0 Å². The van der Waals surface area contributed by atoms with Crippen molar-refractivity contribution in [3.05, 3.63) is 84.6 Å². The Morgan fingerprint density at radius 1 is 0.947 bits per heavy atom. The third-order valence-corrected chi connectivity index (χ3v) is 4.10. The van der Waals surface area contributed by atoms with Crippen molar-refractivity contribution in [1.82, 2.24) is 0 Å². The predicted molar refractivity (Wildman–Crippen MR) is 79.3 cm³/mol. The molecule has 1 aromatic rings. The van der Waals surface area contributed by atoms with E-state index < -0.39 is 0 Å². The van der Waals surface area contributed by atoms with E-state index in [1.165, 1.54) is 17.4 Å². The molecule has 2 unspecified atom stereocenters. The zero-order valence-electron chi connectivity index (χ0n) is 10.7. The monoisotopic (exact) mass is 246 g/mol. The van der Waals surface area contributed by atoms with Gasteiger partial charge in [-0.3, -0.25) is 0 Å². The quantitative estimate of drug-likeness (QED) is 0.670. The number of rotatable bonds is 1. The van der Waals surface area contributed by atoms with Gasteiger partial charge in [0.1, 0.15) is 0 Å². The van der Waals surface area contributed by atoms with Crippen molar-refractivity contribution in [2.45, 2.75) is 6.42 Å². The normalized spacial score (nSPS) is 28.2. The Labute approximate surface area is 114 Å². The molecule has 1 radical (unpaired) electrons. The fourth-order valence-electron chi connectivity index (χ4n) is 3.29. The molecule has 2 aliphatic carbocycles. The van der Waals surface area contributed by atoms with Crippen LogP contribution in [0.25, 0.3) is 0 Å². The van der Waals surface area contributed by atoms with Gasteiger partial charge in [-0.05, 0) is 18.6 Å². The molecule has 0 spiro atoms. The third kappa shape index (κ3) is 1.61. The van der Waals surface area contributed by atoms with Gasteiger partial charge < -0.3 is 4.90 Å². The Hall–Kier alpha value is -2.02. The number of hydrogen-bond acceptors (Lipinski definition) is 1. The summed E-state index contributed by atoms with van der Waals surface area (Å²) in [5, 5.41) is 0. The number of nitrogens with zero attached hydrogens (tertiary/aromatic N) is 1. The van der Waals surface area contributed by atoms with Crippen LogP contribution in [0.3, 0.4) is 0 Å². The molecule has 3 aliphatic rings. The van der Waals surface area contributed by atoms with Crippen molar-refractivity contribution in [2.24, 2.45) is 11.8 Å². The fraction of sp³-hybridized carbons (Fsp3) is 0.167. The SMILES string of the molecule is C1=C[C]2C(C=C1)C1C=CCC=C1N2c1ccccc1. The van der Waals surface area contributed by atoms with Crippen molar-refractivity contribution in [1.29, 1.82) is 0 Å². The van der Waals surface area contributed by atoms with Gasteiger partial charge >= 0.3 is 0 Å². The maximum Gasteiger partial charge on any atom is 0.0982 e. The van der Waals surface area contributed by atoms with Gasteiger partial charge in [-0.1, -0.05) is 60.7 Å². The zero-order valence-corrected chi connectivity index (χ0v) is 10.7. The Balaban J connectivity index is 1.83. The van der Waals surface area contributed by atoms with E-state index >= 15 is 0 Å². The van der Waals surface area contributed by atoms with Crippen molar-refractivity contribution in [3.8, 4) is 0 Å². The van der Waals surface area contributed by atoms with E-state index in [-0.39, 0.29) is 0 Å². The molecule has 0 N–H and O–H groups in total. The average molecular weight is 246 g/mol. The van der Waals surface area contributed by atoms with Gasteiger partial charge in [0, 0.05) is 23.2 Å². The summed E-state index contributed by atoms with van der Waals surface area (Å²) in [7, 11) is 0. The van der Waals surface area contributed by atoms with Crippen molar-refractivity contribution in [2.75, 3.05) is 4.90 Å². The maximum atomic E-state index is 2.43. The molecule has 1 aliphatic heterocycles. The van der Waals surface area contributed by atoms with Crippen LogP contribution in [0.4, 0.5) is 5.69 Å². The molecule has 0 bridgehead atoms. The van der Waals surface area contributed by atoms with E-state index in [4.69, 9.17) is 0 Å². The van der Waals surface area contributed by atoms with E-state index in [1.807, 2.05) is 0 Å². The van der Waals surface area contributed by atoms with Crippen LogP contribution in [0.1, 0.15) is 6.42 Å². The van der Waals surface area contributed by atoms with Gasteiger partial charge in [-0.25, -0.2) is 0 Å². The first-order valence-electron chi connectivity index (χ1n) is 6.89. The number of hydrogen-bond donors (Lipinski definition) is 0. The van der Waals surface area contributed by atoms with Crippen LogP contribution in [0.15, 0.2) is 78.6 Å². The Morgan fingerprint density at radius 2 is 1.84 bits per heavy atom. The topological polar surface area (TPSA) is 3.24 Å². The summed E-state index contributed by atoms with van der Waals surface area (Å²) in [6, 6.07) is 12.1. The molecule has 93 valence electrons. The van der Waals surface area contributed by atoms with Gasteiger partial charge in [0.05, 0.1) is 6.04 Å². The predicted octanol–water partition coefficient (Wildman–Crippen LogP) is 4.24. The van der Waals surface area contributed by atoms with Crippen LogP contribution in [0, 0.1) is 17.9 Å². The lowest BCUT2D eigenvalue weighted by Gasteiger charge is -2.27. The highest BCUT2D eigenvalue weighted by Crippen LogP contribution is 2.49. The highest BCUT2D eigenvalue weighted by molar-refractivity contribution is 5.65. The average Bonchev–Trinajstić information content (AvgIpc) is 2.83. The van der Waals surface area contributed by atoms with Crippen molar-refractivity contribution >= 4 is 5.69 Å². The minimum absolute atomic E-state index is 0.494. The third-order valence-electron chi connectivity index (χ3n) is 4.10. The molecule has 1 nitrogen and oxygen atoms in total. The van der Waals surface area contributed by atoms with Crippen LogP contribution in [0.5, 0.6) is 0 Å². The molecule has 2 atom stereocenters. The molecular weight excluding hydrogens is 230 g/mol. The lowest BCUT2D eigenvalue weighted by Crippen LogP contribution is -2.22. The van der Waals surface area contributed by atoms with Crippen LogP contribution in [-0.4, -0.2) is 0 Å². The molecule has 4 rings (SSSR count). The number of fused-ring (bicyclic) bond motifs is 3. The Morgan fingerprint density at radius 3 is 2.74 bits per heavy atom. The molecule has 1 saturated heterocycles. The van der Waals surface area contributed by atoms with Crippen LogP contribution < -0.4 is 4.90 Å². The van der Waals surface area contributed by atoms with Crippen LogP contribution >= 0.6 is 0 Å². The lowest BCUT2D eigenvalue weighted by molar-refractivity contribution is 0.632. The number of allylic oxidation sites excluding steroid dienone is 5. The summed E-state index contributed by atoms with van der Waals surface area (Å²) in [6.45, 7) is 0. The Bertz CT molecular complexity index is 591. The standard InChI is InChI=1S/C18H16N/c1-2-8-14(9-3-1)19-17-12-6-4-10-15(17)16-11-5-7-13-18(16)19/h1-6,8-13,15-16H,7H2. The number of anilines is 1. The van der Waals surface area contributed by atoms with E-state index in [2.05, 4.69) is 77.8 Å². The van der Waals surface area contributed by atoms with Crippen LogP contribution in [0.2, 0.25) is 0 Å². The summed E-state index contributed by atoms with van der Waals surface area (Å²) in [5.74, 6) is 0.998. The van der Waals surface area contributed by atoms with Crippen molar-refractivity contribution < 1.29 is 0 Å². The first-order chi connectivity index (χ1) is 9.45. The largest absolute Gasteiger partial charge is 0.332 e. The van der Waals surface area contributed by atoms with Gasteiger partial charge in [0.2, 0.25) is 0 Å². The number of benzene rings is 1.